The summed E-state index contributed by atoms with van der Waals surface area (Å²) in [5.74, 6) is 0.668. The molecule has 1 atom stereocenters. The molecule has 1 unspecified atom stereocenters. The zero-order valence-corrected chi connectivity index (χ0v) is 10.7. The average molecular weight is 245 g/mol. The molecule has 2 heterocycles. The number of nitrogens with zero attached hydrogens (tertiary/aromatic N) is 2. The van der Waals surface area contributed by atoms with Crippen molar-refractivity contribution in [1.29, 1.82) is 5.26 Å². The zero-order valence-electron chi connectivity index (χ0n) is 10.7. The first-order chi connectivity index (χ1) is 8.81. The van der Waals surface area contributed by atoms with Gasteiger partial charge in [0.05, 0.1) is 0 Å². The van der Waals surface area contributed by atoms with Gasteiger partial charge in [0.2, 0.25) is 0 Å². The summed E-state index contributed by atoms with van der Waals surface area (Å²) in [5, 5.41) is 12.5. The molecule has 1 fully saturated rings. The molecule has 2 rings (SSSR count). The highest BCUT2D eigenvalue weighted by molar-refractivity contribution is 5.30. The van der Waals surface area contributed by atoms with Crippen LogP contribution in [0.3, 0.4) is 0 Å². The van der Waals surface area contributed by atoms with E-state index in [1.54, 1.807) is 6.20 Å². The molecule has 1 saturated heterocycles. The third-order valence-electron chi connectivity index (χ3n) is 3.58. The van der Waals surface area contributed by atoms with Crippen molar-refractivity contribution >= 4 is 0 Å². The Morgan fingerprint density at radius 2 is 2.33 bits per heavy atom. The second-order valence-electron chi connectivity index (χ2n) is 4.74. The van der Waals surface area contributed by atoms with E-state index in [1.807, 2.05) is 12.1 Å². The van der Waals surface area contributed by atoms with Gasteiger partial charge in [0.25, 0.3) is 0 Å². The van der Waals surface area contributed by atoms with Crippen LogP contribution in [0.1, 0.15) is 31.0 Å². The fraction of sp³-hybridized carbons (Fsp3) is 0.571. The number of pyridine rings is 1. The van der Waals surface area contributed by atoms with Crippen LogP contribution < -0.4 is 5.32 Å². The first-order valence-corrected chi connectivity index (χ1v) is 6.46. The Hall–Kier alpha value is -1.44. The maximum atomic E-state index is 8.98. The summed E-state index contributed by atoms with van der Waals surface area (Å²) in [7, 11) is 0. The van der Waals surface area contributed by atoms with Crippen LogP contribution in [0.2, 0.25) is 0 Å². The van der Waals surface area contributed by atoms with Crippen LogP contribution in [-0.4, -0.2) is 24.2 Å². The number of rotatable bonds is 4. The highest BCUT2D eigenvalue weighted by Gasteiger charge is 2.20. The van der Waals surface area contributed by atoms with Gasteiger partial charge in [-0.05, 0) is 31.7 Å². The van der Waals surface area contributed by atoms with Crippen LogP contribution in [0.4, 0.5) is 0 Å². The number of aromatic nitrogens is 1. The van der Waals surface area contributed by atoms with E-state index >= 15 is 0 Å². The molecule has 0 aromatic carbocycles. The van der Waals surface area contributed by atoms with Crippen molar-refractivity contribution in [3.05, 3.63) is 29.6 Å². The average Bonchev–Trinajstić information content (AvgIpc) is 2.46. The van der Waals surface area contributed by atoms with Crippen LogP contribution >= 0.6 is 0 Å². The van der Waals surface area contributed by atoms with Crippen LogP contribution in [0, 0.1) is 17.2 Å². The molecule has 1 aliphatic heterocycles. The Morgan fingerprint density at radius 1 is 1.56 bits per heavy atom. The summed E-state index contributed by atoms with van der Waals surface area (Å²) >= 11 is 0. The van der Waals surface area contributed by atoms with E-state index in [4.69, 9.17) is 10.00 Å². The standard InChI is InChI=1S/C14H19N3O/c1-11(12-4-7-18-8-5-12)17-10-13-3-2-6-16-14(13)9-15/h2-3,6,11-12,17H,4-5,7-8,10H2,1H3. The van der Waals surface area contributed by atoms with Crippen molar-refractivity contribution in [2.75, 3.05) is 13.2 Å². The predicted molar refractivity (Wildman–Crippen MR) is 68.8 cm³/mol. The summed E-state index contributed by atoms with van der Waals surface area (Å²) in [4.78, 5) is 4.07. The van der Waals surface area contributed by atoms with Gasteiger partial charge in [0, 0.05) is 37.6 Å². The molecule has 0 aliphatic carbocycles. The second kappa shape index (κ2) is 6.48. The van der Waals surface area contributed by atoms with Gasteiger partial charge in [-0.15, -0.1) is 0 Å². The lowest BCUT2D eigenvalue weighted by atomic mass is 9.93. The smallest absolute Gasteiger partial charge is 0.144 e. The van der Waals surface area contributed by atoms with E-state index in [9.17, 15) is 0 Å². The van der Waals surface area contributed by atoms with Gasteiger partial charge in [-0.25, -0.2) is 4.98 Å². The van der Waals surface area contributed by atoms with Gasteiger partial charge in [-0.1, -0.05) is 6.07 Å². The minimum Gasteiger partial charge on any atom is -0.381 e. The third-order valence-corrected chi connectivity index (χ3v) is 3.58. The largest absolute Gasteiger partial charge is 0.381 e. The van der Waals surface area contributed by atoms with Gasteiger partial charge >= 0.3 is 0 Å². The van der Waals surface area contributed by atoms with Crippen molar-refractivity contribution in [3.8, 4) is 6.07 Å². The summed E-state index contributed by atoms with van der Waals surface area (Å²) in [6, 6.07) is 6.40. The molecule has 0 spiro atoms. The van der Waals surface area contributed by atoms with E-state index < -0.39 is 0 Å². The Morgan fingerprint density at radius 3 is 3.06 bits per heavy atom. The molecular weight excluding hydrogens is 226 g/mol. The number of hydrogen-bond acceptors (Lipinski definition) is 4. The van der Waals surface area contributed by atoms with E-state index in [2.05, 4.69) is 23.3 Å². The molecule has 0 amide bonds. The van der Waals surface area contributed by atoms with E-state index in [1.165, 1.54) is 0 Å². The normalized spacial score (nSPS) is 18.2. The monoisotopic (exact) mass is 245 g/mol. The summed E-state index contributed by atoms with van der Waals surface area (Å²) in [5.41, 5.74) is 1.49. The van der Waals surface area contributed by atoms with Gasteiger partial charge in [-0.2, -0.15) is 5.26 Å². The third kappa shape index (κ3) is 3.28. The molecule has 4 nitrogen and oxygen atoms in total. The summed E-state index contributed by atoms with van der Waals surface area (Å²) in [6.07, 6.45) is 3.89. The molecule has 18 heavy (non-hydrogen) atoms. The first kappa shape index (κ1) is 13.0. The van der Waals surface area contributed by atoms with Gasteiger partial charge < -0.3 is 10.1 Å². The van der Waals surface area contributed by atoms with Crippen LogP contribution in [0.15, 0.2) is 18.3 Å². The van der Waals surface area contributed by atoms with E-state index in [-0.39, 0.29) is 0 Å². The predicted octanol–water partition coefficient (Wildman–Crippen LogP) is 1.86. The van der Waals surface area contributed by atoms with Gasteiger partial charge in [0.1, 0.15) is 11.8 Å². The van der Waals surface area contributed by atoms with Crippen molar-refractivity contribution < 1.29 is 4.74 Å². The molecule has 1 N–H and O–H groups in total. The zero-order chi connectivity index (χ0) is 12.8. The lowest BCUT2D eigenvalue weighted by Crippen LogP contribution is -2.36. The molecule has 4 heteroatoms. The van der Waals surface area contributed by atoms with Crippen molar-refractivity contribution in [3.63, 3.8) is 0 Å². The summed E-state index contributed by atoms with van der Waals surface area (Å²) < 4.78 is 5.37. The maximum absolute atomic E-state index is 8.98. The highest BCUT2D eigenvalue weighted by Crippen LogP contribution is 2.19. The molecular formula is C14H19N3O. The first-order valence-electron chi connectivity index (χ1n) is 6.46. The Balaban J connectivity index is 1.88. The minimum absolute atomic E-state index is 0.445. The molecule has 1 aromatic heterocycles. The number of hydrogen-bond donors (Lipinski definition) is 1. The lowest BCUT2D eigenvalue weighted by molar-refractivity contribution is 0.0558. The van der Waals surface area contributed by atoms with Crippen molar-refractivity contribution in [2.45, 2.75) is 32.4 Å². The lowest BCUT2D eigenvalue weighted by Gasteiger charge is -2.28. The highest BCUT2D eigenvalue weighted by atomic mass is 16.5. The molecule has 1 aliphatic rings. The Bertz CT molecular complexity index is 421. The molecule has 0 bridgehead atoms. The molecule has 1 aromatic rings. The maximum Gasteiger partial charge on any atom is 0.144 e. The fourth-order valence-electron chi connectivity index (χ4n) is 2.34. The van der Waals surface area contributed by atoms with E-state index in [0.717, 1.165) is 31.6 Å². The van der Waals surface area contributed by atoms with E-state index in [0.29, 0.717) is 24.2 Å². The molecule has 0 radical (unpaired) electrons. The van der Waals surface area contributed by atoms with Crippen LogP contribution in [-0.2, 0) is 11.3 Å². The summed E-state index contributed by atoms with van der Waals surface area (Å²) in [6.45, 7) is 4.65. The van der Waals surface area contributed by atoms with Gasteiger partial charge in [-0.3, -0.25) is 0 Å². The number of nitriles is 1. The van der Waals surface area contributed by atoms with Crippen LogP contribution in [0.25, 0.3) is 0 Å². The Labute approximate surface area is 108 Å². The van der Waals surface area contributed by atoms with Crippen LogP contribution in [0.5, 0.6) is 0 Å². The molecule has 0 saturated carbocycles. The topological polar surface area (TPSA) is 57.9 Å². The number of nitrogens with one attached hydrogen (secondary N) is 1. The Kier molecular flexibility index (Phi) is 4.68. The second-order valence-corrected chi connectivity index (χ2v) is 4.74. The quantitative estimate of drug-likeness (QED) is 0.879. The number of ether oxygens (including phenoxy) is 1. The SMILES string of the molecule is CC(NCc1cccnc1C#N)C1CCOCC1. The van der Waals surface area contributed by atoms with Crippen molar-refractivity contribution in [2.24, 2.45) is 5.92 Å². The van der Waals surface area contributed by atoms with Crippen molar-refractivity contribution in [1.82, 2.24) is 10.3 Å². The fourth-order valence-corrected chi connectivity index (χ4v) is 2.34. The van der Waals surface area contributed by atoms with Gasteiger partial charge in [0.15, 0.2) is 0 Å². The minimum atomic E-state index is 0.445. The molecule has 96 valence electrons.